The number of benzene rings is 1. The summed E-state index contributed by atoms with van der Waals surface area (Å²) in [6, 6.07) is 7.36. The van der Waals surface area contributed by atoms with Crippen LogP contribution >= 0.6 is 0 Å². The maximum Gasteiger partial charge on any atom is 0.243 e. The first-order valence-corrected chi connectivity index (χ1v) is 8.72. The number of nitrogens with zero attached hydrogens (tertiary/aromatic N) is 3. The number of aromatic nitrogens is 2. The van der Waals surface area contributed by atoms with E-state index in [1.54, 1.807) is 29.9 Å². The Morgan fingerprint density at radius 1 is 1.26 bits per heavy atom. The Morgan fingerprint density at radius 3 is 2.67 bits per heavy atom. The molecule has 0 bridgehead atoms. The molecule has 0 aliphatic carbocycles. The molecule has 1 aromatic heterocycles. The molecule has 0 fully saturated rings. The van der Waals surface area contributed by atoms with Crippen molar-refractivity contribution in [2.45, 2.75) is 39.5 Å². The first-order chi connectivity index (χ1) is 13.0. The summed E-state index contributed by atoms with van der Waals surface area (Å²) in [5.41, 5.74) is 3.95. The second kappa shape index (κ2) is 10.1. The van der Waals surface area contributed by atoms with Gasteiger partial charge < -0.3 is 10.1 Å². The number of unbranched alkanes of at least 4 members (excludes halogenated alkanes) is 2. The molecule has 27 heavy (non-hydrogen) atoms. The molecule has 0 aliphatic rings. The molecule has 0 saturated carbocycles. The molecular weight excluding hydrogens is 346 g/mol. The van der Waals surface area contributed by atoms with Crippen LogP contribution in [0.4, 0.5) is 5.95 Å². The van der Waals surface area contributed by atoms with Gasteiger partial charge in [0.1, 0.15) is 5.75 Å². The Bertz CT molecular complexity index is 809. The zero-order chi connectivity index (χ0) is 19.6. The summed E-state index contributed by atoms with van der Waals surface area (Å²) in [4.78, 5) is 19.4. The van der Waals surface area contributed by atoms with E-state index in [2.05, 4.69) is 21.4 Å². The van der Waals surface area contributed by atoms with E-state index in [1.165, 1.54) is 0 Å². The fourth-order valence-corrected chi connectivity index (χ4v) is 2.61. The molecule has 0 radical (unpaired) electrons. The SMILES string of the molecule is Cc1cc(C#N)cc(C)c1Oc1ccnc(NCCCCCC(=O)NO)n1. The van der Waals surface area contributed by atoms with Crippen LogP contribution in [0, 0.1) is 25.2 Å². The third-order valence-electron chi connectivity index (χ3n) is 3.91. The van der Waals surface area contributed by atoms with Crippen molar-refractivity contribution in [3.8, 4) is 17.7 Å². The summed E-state index contributed by atoms with van der Waals surface area (Å²) < 4.78 is 5.90. The monoisotopic (exact) mass is 369 g/mol. The minimum Gasteiger partial charge on any atom is -0.438 e. The van der Waals surface area contributed by atoms with E-state index in [0.717, 1.165) is 24.0 Å². The fraction of sp³-hybridized carbons (Fsp3) is 0.368. The lowest BCUT2D eigenvalue weighted by atomic mass is 10.1. The maximum atomic E-state index is 10.9. The molecule has 0 atom stereocenters. The number of nitriles is 1. The van der Waals surface area contributed by atoms with Crippen LogP contribution in [0.5, 0.6) is 11.6 Å². The van der Waals surface area contributed by atoms with Crippen molar-refractivity contribution in [3.05, 3.63) is 41.1 Å². The van der Waals surface area contributed by atoms with E-state index in [9.17, 15) is 4.79 Å². The summed E-state index contributed by atoms with van der Waals surface area (Å²) in [5, 5.41) is 20.6. The Hall–Kier alpha value is -3.18. The third-order valence-corrected chi connectivity index (χ3v) is 3.91. The summed E-state index contributed by atoms with van der Waals surface area (Å²) >= 11 is 0. The number of nitrogens with one attached hydrogen (secondary N) is 2. The van der Waals surface area contributed by atoms with Gasteiger partial charge in [0, 0.05) is 25.2 Å². The second-order valence-electron chi connectivity index (χ2n) is 6.14. The summed E-state index contributed by atoms with van der Waals surface area (Å²) in [5.74, 6) is 1.19. The molecule has 0 aliphatic heterocycles. The number of ether oxygens (including phenoxy) is 1. The highest BCUT2D eigenvalue weighted by molar-refractivity contribution is 5.74. The van der Waals surface area contributed by atoms with Gasteiger partial charge >= 0.3 is 0 Å². The number of hydroxylamine groups is 1. The first-order valence-electron chi connectivity index (χ1n) is 8.72. The number of carbonyl (C=O) groups is 1. The van der Waals surface area contributed by atoms with Gasteiger partial charge in [0.25, 0.3) is 0 Å². The number of amides is 1. The van der Waals surface area contributed by atoms with Crippen LogP contribution in [-0.4, -0.2) is 27.6 Å². The Labute approximate surface area is 158 Å². The largest absolute Gasteiger partial charge is 0.438 e. The molecule has 1 aromatic carbocycles. The number of hydrogen-bond acceptors (Lipinski definition) is 7. The summed E-state index contributed by atoms with van der Waals surface area (Å²) in [7, 11) is 0. The molecule has 2 aromatic rings. The molecule has 0 unspecified atom stereocenters. The van der Waals surface area contributed by atoms with Crippen molar-refractivity contribution in [1.82, 2.24) is 15.4 Å². The molecule has 8 heteroatoms. The molecule has 1 heterocycles. The molecule has 3 N–H and O–H groups in total. The van der Waals surface area contributed by atoms with Crippen molar-refractivity contribution >= 4 is 11.9 Å². The van der Waals surface area contributed by atoms with Crippen LogP contribution in [-0.2, 0) is 4.79 Å². The van der Waals surface area contributed by atoms with Gasteiger partial charge in [0.15, 0.2) is 0 Å². The Morgan fingerprint density at radius 2 is 2.00 bits per heavy atom. The predicted octanol–water partition coefficient (Wildman–Crippen LogP) is 3.24. The van der Waals surface area contributed by atoms with E-state index in [1.807, 2.05) is 13.8 Å². The lowest BCUT2D eigenvalue weighted by molar-refractivity contribution is -0.129. The molecule has 0 spiro atoms. The zero-order valence-electron chi connectivity index (χ0n) is 15.5. The smallest absolute Gasteiger partial charge is 0.243 e. The van der Waals surface area contributed by atoms with Crippen LogP contribution in [0.3, 0.4) is 0 Å². The van der Waals surface area contributed by atoms with E-state index < -0.39 is 0 Å². The number of anilines is 1. The van der Waals surface area contributed by atoms with Gasteiger partial charge in [0.2, 0.25) is 17.7 Å². The quantitative estimate of drug-likeness (QED) is 0.352. The van der Waals surface area contributed by atoms with Crippen molar-refractivity contribution in [2.24, 2.45) is 0 Å². The Balaban J connectivity index is 1.89. The highest BCUT2D eigenvalue weighted by Crippen LogP contribution is 2.29. The Kier molecular flexibility index (Phi) is 7.52. The van der Waals surface area contributed by atoms with E-state index >= 15 is 0 Å². The van der Waals surface area contributed by atoms with Crippen molar-refractivity contribution < 1.29 is 14.7 Å². The van der Waals surface area contributed by atoms with Crippen LogP contribution in [0.1, 0.15) is 42.4 Å². The third kappa shape index (κ3) is 6.24. The van der Waals surface area contributed by atoms with Gasteiger partial charge in [-0.15, -0.1) is 0 Å². The minimum absolute atomic E-state index is 0.305. The van der Waals surface area contributed by atoms with Crippen LogP contribution < -0.4 is 15.5 Å². The van der Waals surface area contributed by atoms with Gasteiger partial charge in [-0.3, -0.25) is 10.0 Å². The molecule has 0 saturated heterocycles. The molecule has 2 rings (SSSR count). The lowest BCUT2D eigenvalue weighted by Gasteiger charge is -2.12. The van der Waals surface area contributed by atoms with E-state index in [-0.39, 0.29) is 5.91 Å². The number of hydrogen-bond donors (Lipinski definition) is 3. The normalized spacial score (nSPS) is 10.1. The van der Waals surface area contributed by atoms with E-state index in [0.29, 0.717) is 42.5 Å². The van der Waals surface area contributed by atoms with Gasteiger partial charge in [-0.25, -0.2) is 10.5 Å². The average molecular weight is 369 g/mol. The predicted molar refractivity (Wildman–Crippen MR) is 99.6 cm³/mol. The summed E-state index contributed by atoms with van der Waals surface area (Å²) in [6.45, 7) is 4.44. The first kappa shape index (κ1) is 20.1. The maximum absolute atomic E-state index is 10.9. The van der Waals surface area contributed by atoms with Crippen molar-refractivity contribution in [2.75, 3.05) is 11.9 Å². The topological polar surface area (TPSA) is 120 Å². The molecule has 1 amide bonds. The highest BCUT2D eigenvalue weighted by atomic mass is 16.5. The van der Waals surface area contributed by atoms with Gasteiger partial charge in [-0.2, -0.15) is 10.2 Å². The number of carbonyl (C=O) groups excluding carboxylic acids is 1. The molecule has 8 nitrogen and oxygen atoms in total. The van der Waals surface area contributed by atoms with E-state index in [4.69, 9.17) is 15.2 Å². The zero-order valence-corrected chi connectivity index (χ0v) is 15.5. The van der Waals surface area contributed by atoms with Crippen LogP contribution in [0.2, 0.25) is 0 Å². The average Bonchev–Trinajstić information content (AvgIpc) is 2.67. The van der Waals surface area contributed by atoms with Gasteiger partial charge in [0.05, 0.1) is 11.6 Å². The second-order valence-corrected chi connectivity index (χ2v) is 6.14. The minimum atomic E-state index is -0.371. The van der Waals surface area contributed by atoms with Gasteiger partial charge in [-0.05, 0) is 49.9 Å². The van der Waals surface area contributed by atoms with Crippen molar-refractivity contribution in [3.63, 3.8) is 0 Å². The number of aryl methyl sites for hydroxylation is 2. The van der Waals surface area contributed by atoms with Crippen LogP contribution in [0.25, 0.3) is 0 Å². The standard InChI is InChI=1S/C19H23N5O3/c1-13-10-15(12-20)11-14(2)18(13)27-17-7-9-22-19(23-17)21-8-5-3-4-6-16(25)24-26/h7,9-11,26H,3-6,8H2,1-2H3,(H,24,25)(H,21,22,23). The lowest BCUT2D eigenvalue weighted by Crippen LogP contribution is -2.17. The van der Waals surface area contributed by atoms with Crippen molar-refractivity contribution in [1.29, 1.82) is 5.26 Å². The van der Waals surface area contributed by atoms with Gasteiger partial charge in [-0.1, -0.05) is 6.42 Å². The molecule has 142 valence electrons. The summed E-state index contributed by atoms with van der Waals surface area (Å²) in [6.07, 6.45) is 4.32. The number of rotatable bonds is 9. The molecular formula is C19H23N5O3. The highest BCUT2D eigenvalue weighted by Gasteiger charge is 2.09. The fourth-order valence-electron chi connectivity index (χ4n) is 2.61. The van der Waals surface area contributed by atoms with Crippen LogP contribution in [0.15, 0.2) is 24.4 Å².